The molecule has 2 rings (SSSR count). The second-order valence-corrected chi connectivity index (χ2v) is 5.98. The molecule has 0 unspecified atom stereocenters. The Morgan fingerprint density at radius 3 is 2.58 bits per heavy atom. The number of hydrogen-bond donors (Lipinski definition) is 2. The average Bonchev–Trinajstić information content (AvgIpc) is 2.54. The van der Waals surface area contributed by atoms with E-state index in [4.69, 9.17) is 34.8 Å². The van der Waals surface area contributed by atoms with Gasteiger partial charge in [0, 0.05) is 16.3 Å². The molecular formula is C16H12Cl3N3O2. The molecule has 0 bridgehead atoms. The predicted octanol–water partition coefficient (Wildman–Crippen LogP) is 4.04. The smallest absolute Gasteiger partial charge is 0.317 e. The molecule has 124 valence electrons. The first-order valence-electron chi connectivity index (χ1n) is 6.73. The largest absolute Gasteiger partial charge is 0.329 e. The zero-order valence-electron chi connectivity index (χ0n) is 12.4. The summed E-state index contributed by atoms with van der Waals surface area (Å²) in [6.45, 7) is 1.78. The normalized spacial score (nSPS) is 10.7. The van der Waals surface area contributed by atoms with Crippen LogP contribution in [0.5, 0.6) is 0 Å². The fourth-order valence-corrected chi connectivity index (χ4v) is 2.27. The number of benzene rings is 2. The molecule has 0 aliphatic heterocycles. The molecule has 5 nitrogen and oxygen atoms in total. The number of rotatable bonds is 3. The van der Waals surface area contributed by atoms with Gasteiger partial charge in [0.05, 0.1) is 16.3 Å². The fraction of sp³-hybridized carbons (Fsp3) is 0.0625. The van der Waals surface area contributed by atoms with Crippen LogP contribution in [0.1, 0.15) is 11.1 Å². The Kier molecular flexibility index (Phi) is 6.20. The zero-order chi connectivity index (χ0) is 17.7. The fourth-order valence-electron chi connectivity index (χ4n) is 1.74. The first-order valence-corrected chi connectivity index (χ1v) is 7.86. The molecule has 0 atom stereocenters. The summed E-state index contributed by atoms with van der Waals surface area (Å²) in [5.74, 6) is -1.79. The van der Waals surface area contributed by atoms with Crippen molar-refractivity contribution in [1.29, 1.82) is 0 Å². The van der Waals surface area contributed by atoms with E-state index in [1.54, 1.807) is 43.3 Å². The van der Waals surface area contributed by atoms with Gasteiger partial charge in [-0.05, 0) is 30.7 Å². The number of carbonyl (C=O) groups excluding carboxylic acids is 2. The number of hydrogen-bond acceptors (Lipinski definition) is 3. The summed E-state index contributed by atoms with van der Waals surface area (Å²) in [6.07, 6.45) is 1.30. The van der Waals surface area contributed by atoms with E-state index in [2.05, 4.69) is 15.8 Å². The molecule has 24 heavy (non-hydrogen) atoms. The molecule has 8 heteroatoms. The molecule has 0 heterocycles. The van der Waals surface area contributed by atoms with E-state index in [1.807, 2.05) is 0 Å². The van der Waals surface area contributed by atoms with Crippen molar-refractivity contribution in [2.45, 2.75) is 6.92 Å². The van der Waals surface area contributed by atoms with Crippen LogP contribution in [0.15, 0.2) is 41.5 Å². The van der Waals surface area contributed by atoms with E-state index < -0.39 is 11.8 Å². The van der Waals surface area contributed by atoms with Crippen LogP contribution in [0.3, 0.4) is 0 Å². The minimum Gasteiger partial charge on any atom is -0.317 e. The van der Waals surface area contributed by atoms with Gasteiger partial charge in [-0.2, -0.15) is 5.10 Å². The summed E-state index contributed by atoms with van der Waals surface area (Å²) < 4.78 is 0. The Labute approximate surface area is 153 Å². The van der Waals surface area contributed by atoms with Crippen molar-refractivity contribution in [1.82, 2.24) is 5.43 Å². The van der Waals surface area contributed by atoms with Gasteiger partial charge >= 0.3 is 11.8 Å². The Bertz CT molecular complexity index is 822. The van der Waals surface area contributed by atoms with Gasteiger partial charge in [0.15, 0.2) is 0 Å². The molecule has 0 radical (unpaired) electrons. The molecule has 0 aromatic heterocycles. The van der Waals surface area contributed by atoms with Crippen molar-refractivity contribution in [2.75, 3.05) is 5.32 Å². The number of nitrogens with one attached hydrogen (secondary N) is 2. The van der Waals surface area contributed by atoms with Crippen LogP contribution in [0, 0.1) is 6.92 Å². The highest BCUT2D eigenvalue weighted by atomic mass is 35.5. The molecule has 0 aliphatic carbocycles. The maximum Gasteiger partial charge on any atom is 0.329 e. The Morgan fingerprint density at radius 2 is 1.83 bits per heavy atom. The second-order valence-electron chi connectivity index (χ2n) is 4.76. The third-order valence-electron chi connectivity index (χ3n) is 3.01. The van der Waals surface area contributed by atoms with Gasteiger partial charge < -0.3 is 5.32 Å². The third kappa shape index (κ3) is 4.71. The summed E-state index contributed by atoms with van der Waals surface area (Å²) in [5, 5.41) is 7.27. The number of anilines is 1. The first kappa shape index (κ1) is 18.3. The monoisotopic (exact) mass is 383 g/mol. The number of nitrogens with zero attached hydrogens (tertiary/aromatic N) is 1. The molecule has 0 fully saturated rings. The van der Waals surface area contributed by atoms with Crippen LogP contribution >= 0.6 is 34.8 Å². The number of hydrazone groups is 1. The minimum atomic E-state index is -0.927. The number of carbonyl (C=O) groups is 2. The lowest BCUT2D eigenvalue weighted by Gasteiger charge is -2.07. The molecule has 0 saturated carbocycles. The topological polar surface area (TPSA) is 70.6 Å². The molecule has 0 spiro atoms. The van der Waals surface area contributed by atoms with E-state index in [9.17, 15) is 9.59 Å². The molecule has 0 saturated heterocycles. The molecule has 2 N–H and O–H groups in total. The lowest BCUT2D eigenvalue weighted by molar-refractivity contribution is -0.136. The quantitative estimate of drug-likeness (QED) is 0.476. The maximum atomic E-state index is 11.9. The van der Waals surface area contributed by atoms with E-state index in [1.165, 1.54) is 6.21 Å². The number of halogens is 3. The Balaban J connectivity index is 1.99. The number of amides is 2. The molecule has 2 aromatic carbocycles. The van der Waals surface area contributed by atoms with Gasteiger partial charge in [-0.15, -0.1) is 0 Å². The number of aryl methyl sites for hydroxylation is 1. The average molecular weight is 385 g/mol. The van der Waals surface area contributed by atoms with Crippen molar-refractivity contribution in [3.63, 3.8) is 0 Å². The zero-order valence-corrected chi connectivity index (χ0v) is 14.7. The van der Waals surface area contributed by atoms with Gasteiger partial charge in [0.1, 0.15) is 0 Å². The van der Waals surface area contributed by atoms with Crippen LogP contribution < -0.4 is 10.7 Å². The third-order valence-corrected chi connectivity index (χ3v) is 4.07. The Hall–Kier alpha value is -2.08. The highest BCUT2D eigenvalue weighted by Gasteiger charge is 2.14. The van der Waals surface area contributed by atoms with Crippen molar-refractivity contribution in [3.8, 4) is 0 Å². The van der Waals surface area contributed by atoms with Crippen LogP contribution in [0.4, 0.5) is 5.69 Å². The van der Waals surface area contributed by atoms with E-state index in [0.29, 0.717) is 26.3 Å². The molecule has 0 aliphatic rings. The van der Waals surface area contributed by atoms with Gasteiger partial charge in [-0.1, -0.05) is 53.0 Å². The highest BCUT2D eigenvalue weighted by Crippen LogP contribution is 2.24. The van der Waals surface area contributed by atoms with Crippen molar-refractivity contribution in [3.05, 3.63) is 62.6 Å². The maximum absolute atomic E-state index is 11.9. The SMILES string of the molecule is Cc1ccc(Cl)cc1NC(=O)C(=O)N/N=C\c1cccc(Cl)c1Cl. The van der Waals surface area contributed by atoms with Gasteiger partial charge in [0.2, 0.25) is 0 Å². The van der Waals surface area contributed by atoms with Crippen molar-refractivity contribution < 1.29 is 9.59 Å². The second kappa shape index (κ2) is 8.15. The Morgan fingerprint density at radius 1 is 1.08 bits per heavy atom. The standard InChI is InChI=1S/C16H12Cl3N3O2/c1-9-5-6-11(17)7-13(9)21-15(23)16(24)22-20-8-10-3-2-4-12(18)14(10)19/h2-8H,1H3,(H,21,23)(H,22,24)/b20-8-. The lowest BCUT2D eigenvalue weighted by atomic mass is 10.2. The summed E-state index contributed by atoms with van der Waals surface area (Å²) in [4.78, 5) is 23.6. The molecular weight excluding hydrogens is 373 g/mol. The predicted molar refractivity (Wildman–Crippen MR) is 97.0 cm³/mol. The van der Waals surface area contributed by atoms with E-state index in [0.717, 1.165) is 5.56 Å². The van der Waals surface area contributed by atoms with Gasteiger partial charge in [-0.25, -0.2) is 5.43 Å². The van der Waals surface area contributed by atoms with Crippen molar-refractivity contribution >= 4 is 58.5 Å². The van der Waals surface area contributed by atoms with Crippen LogP contribution in [0.25, 0.3) is 0 Å². The van der Waals surface area contributed by atoms with Crippen LogP contribution in [0.2, 0.25) is 15.1 Å². The van der Waals surface area contributed by atoms with Crippen LogP contribution in [-0.4, -0.2) is 18.0 Å². The van der Waals surface area contributed by atoms with E-state index >= 15 is 0 Å². The highest BCUT2D eigenvalue weighted by molar-refractivity contribution is 6.43. The van der Waals surface area contributed by atoms with E-state index in [-0.39, 0.29) is 0 Å². The van der Waals surface area contributed by atoms with Crippen LogP contribution in [-0.2, 0) is 9.59 Å². The molecule has 2 aromatic rings. The summed E-state index contributed by atoms with van der Waals surface area (Å²) in [7, 11) is 0. The lowest BCUT2D eigenvalue weighted by Crippen LogP contribution is -2.32. The first-order chi connectivity index (χ1) is 11.4. The van der Waals surface area contributed by atoms with Crippen molar-refractivity contribution in [2.24, 2.45) is 5.10 Å². The summed E-state index contributed by atoms with van der Waals surface area (Å²) in [5.41, 5.74) is 3.85. The minimum absolute atomic E-state index is 0.302. The molecule has 2 amide bonds. The van der Waals surface area contributed by atoms with Gasteiger partial charge in [-0.3, -0.25) is 9.59 Å². The van der Waals surface area contributed by atoms with Gasteiger partial charge in [0.25, 0.3) is 0 Å². The summed E-state index contributed by atoms with van der Waals surface area (Å²) in [6, 6.07) is 9.95. The summed E-state index contributed by atoms with van der Waals surface area (Å²) >= 11 is 17.7.